The molecule has 2 aliphatic heterocycles. The lowest BCUT2D eigenvalue weighted by atomic mass is 9.93. The molecule has 1 amide bonds. The second kappa shape index (κ2) is 9.58. The fourth-order valence-electron chi connectivity index (χ4n) is 5.73. The van der Waals surface area contributed by atoms with Crippen LogP contribution < -0.4 is 19.8 Å². The highest BCUT2D eigenvalue weighted by molar-refractivity contribution is 7.92. The molecule has 1 spiro atoms. The molecule has 2 saturated heterocycles. The summed E-state index contributed by atoms with van der Waals surface area (Å²) in [4.78, 5) is 21.8. The van der Waals surface area contributed by atoms with E-state index in [1.807, 2.05) is 23.9 Å². The zero-order valence-corrected chi connectivity index (χ0v) is 23.0. The van der Waals surface area contributed by atoms with Crippen LogP contribution in [0.1, 0.15) is 36.0 Å². The van der Waals surface area contributed by atoms with Gasteiger partial charge < -0.3 is 24.8 Å². The Kier molecular flexibility index (Phi) is 6.41. The van der Waals surface area contributed by atoms with Crippen LogP contribution in [0.25, 0.3) is 10.9 Å². The Bertz CT molecular complexity index is 1570. The van der Waals surface area contributed by atoms with Gasteiger partial charge in [-0.3, -0.25) is 9.52 Å². The molecule has 3 aliphatic rings. The summed E-state index contributed by atoms with van der Waals surface area (Å²) in [6, 6.07) is 8.29. The third-order valence-electron chi connectivity index (χ3n) is 8.22. The van der Waals surface area contributed by atoms with E-state index >= 15 is 0 Å². The SMILES string of the molecule is Cn1ccc2cc(NC(=O)c3ccc(NS(=O)(=O)CCO)cc3N3CCC4(CC3)CC4)nc(N3CC(F)(F)C3)c21. The van der Waals surface area contributed by atoms with Crippen LogP contribution >= 0.6 is 0 Å². The zero-order chi connectivity index (χ0) is 28.3. The smallest absolute Gasteiger partial charge is 0.282 e. The van der Waals surface area contributed by atoms with Crippen molar-refractivity contribution in [3.63, 3.8) is 0 Å². The van der Waals surface area contributed by atoms with Crippen molar-refractivity contribution < 1.29 is 27.1 Å². The van der Waals surface area contributed by atoms with Crippen LogP contribution in [0.4, 0.5) is 31.8 Å². The monoisotopic (exact) mass is 574 g/mol. The van der Waals surface area contributed by atoms with Crippen molar-refractivity contribution in [1.29, 1.82) is 0 Å². The van der Waals surface area contributed by atoms with E-state index in [1.54, 1.807) is 18.2 Å². The average Bonchev–Trinajstić information content (AvgIpc) is 3.53. The number of benzene rings is 1. The van der Waals surface area contributed by atoms with Crippen LogP contribution in [0.15, 0.2) is 36.5 Å². The van der Waals surface area contributed by atoms with E-state index < -0.39 is 47.3 Å². The van der Waals surface area contributed by atoms with E-state index in [0.29, 0.717) is 33.7 Å². The summed E-state index contributed by atoms with van der Waals surface area (Å²) >= 11 is 0. The molecule has 214 valence electrons. The van der Waals surface area contributed by atoms with Gasteiger partial charge in [0.1, 0.15) is 5.82 Å². The lowest BCUT2D eigenvalue weighted by Crippen LogP contribution is -2.56. The lowest BCUT2D eigenvalue weighted by Gasteiger charge is -2.40. The number of aromatic nitrogens is 2. The van der Waals surface area contributed by atoms with Crippen molar-refractivity contribution in [2.24, 2.45) is 12.5 Å². The van der Waals surface area contributed by atoms with Gasteiger partial charge in [0, 0.05) is 31.7 Å². The molecule has 4 heterocycles. The first-order chi connectivity index (χ1) is 19.0. The predicted molar refractivity (Wildman–Crippen MR) is 150 cm³/mol. The van der Waals surface area contributed by atoms with E-state index in [4.69, 9.17) is 5.11 Å². The van der Waals surface area contributed by atoms with Gasteiger partial charge in [0.05, 0.1) is 47.9 Å². The third kappa shape index (κ3) is 5.19. The van der Waals surface area contributed by atoms with Gasteiger partial charge in [-0.25, -0.2) is 22.2 Å². The van der Waals surface area contributed by atoms with E-state index in [9.17, 15) is 22.0 Å². The number of anilines is 4. The van der Waals surface area contributed by atoms with Gasteiger partial charge in [0.2, 0.25) is 10.0 Å². The first-order valence-electron chi connectivity index (χ1n) is 13.4. The second-order valence-electron chi connectivity index (χ2n) is 11.2. The molecule has 0 radical (unpaired) electrons. The minimum atomic E-state index is -3.75. The standard InChI is InChI=1S/C27H32F2N6O4S/c1-33-9-4-18-14-22(30-24(23(18)33)35-16-27(28,29)17-35)31-25(37)20-3-2-19(32-40(38,39)13-12-36)15-21(20)34-10-7-26(5-6-26)8-11-34/h2-4,9,14-15,32,36H,5-8,10-13,16-17H2,1H3,(H,30,31,37). The number of aliphatic hydroxyl groups excluding tert-OH is 1. The Morgan fingerprint density at radius 2 is 1.80 bits per heavy atom. The number of hydrogen-bond donors (Lipinski definition) is 3. The molecular formula is C27H32F2N6O4S. The number of alkyl halides is 2. The summed E-state index contributed by atoms with van der Waals surface area (Å²) in [6.07, 6.45) is 6.26. The number of amides is 1. The molecule has 0 unspecified atom stereocenters. The first-order valence-corrected chi connectivity index (χ1v) is 15.0. The van der Waals surface area contributed by atoms with E-state index in [1.165, 1.54) is 23.8 Å². The Balaban J connectivity index is 1.31. The van der Waals surface area contributed by atoms with Crippen molar-refractivity contribution in [2.75, 3.05) is 58.4 Å². The first kappa shape index (κ1) is 26.8. The molecule has 0 bridgehead atoms. The molecule has 3 fully saturated rings. The van der Waals surface area contributed by atoms with Gasteiger partial charge in [-0.05, 0) is 61.4 Å². The highest BCUT2D eigenvalue weighted by Crippen LogP contribution is 2.54. The summed E-state index contributed by atoms with van der Waals surface area (Å²) in [5, 5.41) is 12.7. The summed E-state index contributed by atoms with van der Waals surface area (Å²) in [6.45, 7) is 0.105. The number of pyridine rings is 1. The molecule has 40 heavy (non-hydrogen) atoms. The maximum Gasteiger partial charge on any atom is 0.282 e. The normalized spacial score (nSPS) is 19.5. The number of aliphatic hydroxyl groups is 1. The topological polar surface area (TPSA) is 120 Å². The molecule has 10 nitrogen and oxygen atoms in total. The van der Waals surface area contributed by atoms with Crippen LogP contribution in [0.2, 0.25) is 0 Å². The van der Waals surface area contributed by atoms with Gasteiger partial charge >= 0.3 is 0 Å². The lowest BCUT2D eigenvalue weighted by molar-refractivity contribution is -0.0265. The average molecular weight is 575 g/mol. The van der Waals surface area contributed by atoms with Gasteiger partial charge in [0.15, 0.2) is 5.82 Å². The fraction of sp³-hybridized carbons (Fsp3) is 0.481. The number of piperidine rings is 1. The summed E-state index contributed by atoms with van der Waals surface area (Å²) in [5.74, 6) is -3.03. The molecule has 13 heteroatoms. The molecule has 1 aromatic carbocycles. The highest BCUT2D eigenvalue weighted by Gasteiger charge is 2.46. The molecular weight excluding hydrogens is 542 g/mol. The molecule has 0 atom stereocenters. The fourth-order valence-corrected chi connectivity index (χ4v) is 6.56. The minimum Gasteiger partial charge on any atom is -0.395 e. The van der Waals surface area contributed by atoms with E-state index in [0.717, 1.165) is 31.3 Å². The number of sulfonamides is 1. The van der Waals surface area contributed by atoms with Crippen molar-refractivity contribution in [2.45, 2.75) is 31.6 Å². The summed E-state index contributed by atoms with van der Waals surface area (Å²) in [7, 11) is -1.93. The molecule has 3 aromatic rings. The maximum absolute atomic E-state index is 13.7. The largest absolute Gasteiger partial charge is 0.395 e. The number of halogens is 2. The van der Waals surface area contributed by atoms with E-state index in [2.05, 4.69) is 19.9 Å². The molecule has 3 N–H and O–H groups in total. The van der Waals surface area contributed by atoms with Gasteiger partial charge in [0.25, 0.3) is 11.8 Å². The van der Waals surface area contributed by atoms with Crippen LogP contribution in [-0.2, 0) is 17.1 Å². The number of carbonyl (C=O) groups is 1. The maximum atomic E-state index is 13.7. The van der Waals surface area contributed by atoms with Crippen LogP contribution in [-0.4, -0.2) is 73.4 Å². The molecule has 2 aromatic heterocycles. The number of hydrogen-bond acceptors (Lipinski definition) is 7. The molecule has 6 rings (SSSR count). The zero-order valence-electron chi connectivity index (χ0n) is 22.2. The van der Waals surface area contributed by atoms with Crippen molar-refractivity contribution in [3.8, 4) is 0 Å². The summed E-state index contributed by atoms with van der Waals surface area (Å²) < 4.78 is 56.2. The number of nitrogens with zero attached hydrogens (tertiary/aromatic N) is 4. The van der Waals surface area contributed by atoms with Crippen LogP contribution in [0.3, 0.4) is 0 Å². The number of rotatable bonds is 8. The summed E-state index contributed by atoms with van der Waals surface area (Å²) in [5.41, 5.74) is 2.36. The van der Waals surface area contributed by atoms with Crippen LogP contribution in [0.5, 0.6) is 0 Å². The van der Waals surface area contributed by atoms with Crippen molar-refractivity contribution in [3.05, 3.63) is 42.1 Å². The Morgan fingerprint density at radius 3 is 2.45 bits per heavy atom. The third-order valence-corrected chi connectivity index (χ3v) is 9.48. The number of nitrogens with one attached hydrogen (secondary N) is 2. The second-order valence-corrected chi connectivity index (χ2v) is 13.1. The molecule has 1 aliphatic carbocycles. The van der Waals surface area contributed by atoms with Crippen molar-refractivity contribution >= 4 is 49.8 Å². The molecule has 1 saturated carbocycles. The number of carbonyl (C=O) groups excluding carboxylic acids is 1. The Labute approximate surface area is 231 Å². The van der Waals surface area contributed by atoms with E-state index in [-0.39, 0.29) is 5.82 Å². The Hall–Kier alpha value is -3.45. The number of aryl methyl sites for hydroxylation is 1. The van der Waals surface area contributed by atoms with Gasteiger partial charge in [-0.15, -0.1) is 0 Å². The van der Waals surface area contributed by atoms with Crippen molar-refractivity contribution in [1.82, 2.24) is 9.55 Å². The predicted octanol–water partition coefficient (Wildman–Crippen LogP) is 3.40. The number of fused-ring (bicyclic) bond motifs is 1. The van der Waals surface area contributed by atoms with Crippen LogP contribution in [0, 0.1) is 5.41 Å². The van der Waals surface area contributed by atoms with Gasteiger partial charge in [-0.2, -0.15) is 0 Å². The quantitative estimate of drug-likeness (QED) is 0.377. The Morgan fingerprint density at radius 1 is 1.07 bits per heavy atom. The minimum absolute atomic E-state index is 0.239. The van der Waals surface area contributed by atoms with Gasteiger partial charge in [-0.1, -0.05) is 0 Å². The highest BCUT2D eigenvalue weighted by atomic mass is 32.2.